The molecule has 1 aromatic carbocycles. The smallest absolute Gasteiger partial charge is 0.309 e. The molecule has 0 unspecified atom stereocenters. The van der Waals surface area contributed by atoms with Gasteiger partial charge in [-0.3, -0.25) is 4.79 Å². The first-order chi connectivity index (χ1) is 7.81. The molecular weight excluding hydrogens is 240 g/mol. The van der Waals surface area contributed by atoms with Crippen molar-refractivity contribution in [2.75, 3.05) is 7.11 Å². The summed E-state index contributed by atoms with van der Waals surface area (Å²) in [6, 6.07) is 5.30. The third kappa shape index (κ3) is 4.65. The minimum atomic E-state index is -0.298. The van der Waals surface area contributed by atoms with Crippen molar-refractivity contribution in [1.29, 1.82) is 0 Å². The van der Waals surface area contributed by atoms with Gasteiger partial charge in [0.05, 0.1) is 18.6 Å². The van der Waals surface area contributed by atoms with Crippen LogP contribution in [0, 0.1) is 0 Å². The van der Waals surface area contributed by atoms with Crippen LogP contribution in [0.1, 0.15) is 26.3 Å². The lowest BCUT2D eigenvalue weighted by Gasteiger charge is -2.22. The first-order valence-corrected chi connectivity index (χ1v) is 5.74. The van der Waals surface area contributed by atoms with Crippen LogP contribution in [0.15, 0.2) is 18.2 Å². The van der Waals surface area contributed by atoms with Gasteiger partial charge in [0, 0.05) is 0 Å². The molecule has 17 heavy (non-hydrogen) atoms. The molecule has 3 nitrogen and oxygen atoms in total. The molecule has 0 amide bonds. The van der Waals surface area contributed by atoms with Crippen LogP contribution in [-0.2, 0) is 16.0 Å². The van der Waals surface area contributed by atoms with Crippen molar-refractivity contribution in [3.05, 3.63) is 28.8 Å². The fraction of sp³-hybridized carbons (Fsp3) is 0.462. The van der Waals surface area contributed by atoms with Gasteiger partial charge < -0.3 is 9.47 Å². The Morgan fingerprint density at radius 3 is 2.47 bits per heavy atom. The van der Waals surface area contributed by atoms with Crippen LogP contribution < -0.4 is 4.74 Å². The van der Waals surface area contributed by atoms with E-state index in [0.717, 1.165) is 5.56 Å². The topological polar surface area (TPSA) is 35.5 Å². The fourth-order valence-corrected chi connectivity index (χ4v) is 1.55. The lowest BCUT2D eigenvalue weighted by atomic mass is 10.1. The quantitative estimate of drug-likeness (QED) is 0.779. The predicted octanol–water partition coefficient (Wildman–Crippen LogP) is 3.23. The summed E-state index contributed by atoms with van der Waals surface area (Å²) in [6.45, 7) is 5.85. The van der Waals surface area contributed by atoms with Crippen LogP contribution in [0.2, 0.25) is 5.02 Å². The van der Waals surface area contributed by atoms with E-state index in [-0.39, 0.29) is 18.0 Å². The van der Waals surface area contributed by atoms with E-state index in [0.29, 0.717) is 10.8 Å². The number of carbonyl (C=O) groups excluding carboxylic acids is 1. The average Bonchev–Trinajstić information content (AvgIpc) is 2.20. The number of hydrogen-bond donors (Lipinski definition) is 0. The van der Waals surface area contributed by atoms with Crippen molar-refractivity contribution in [2.24, 2.45) is 0 Å². The number of esters is 1. The number of benzene rings is 1. The molecule has 1 rings (SSSR count). The van der Waals surface area contributed by atoms with Gasteiger partial charge in [-0.2, -0.15) is 0 Å². The summed E-state index contributed by atoms with van der Waals surface area (Å²) < 4.78 is 10.3. The van der Waals surface area contributed by atoms with Gasteiger partial charge in [0.2, 0.25) is 0 Å². The largest absolute Gasteiger partial charge is 0.487 e. The third-order valence-electron chi connectivity index (χ3n) is 1.99. The van der Waals surface area contributed by atoms with Crippen LogP contribution in [0.4, 0.5) is 0 Å². The van der Waals surface area contributed by atoms with Gasteiger partial charge in [0.1, 0.15) is 11.4 Å². The molecule has 0 heterocycles. The fourth-order valence-electron chi connectivity index (χ4n) is 1.31. The van der Waals surface area contributed by atoms with Crippen molar-refractivity contribution in [3.63, 3.8) is 0 Å². The van der Waals surface area contributed by atoms with Crippen molar-refractivity contribution >= 4 is 17.6 Å². The molecule has 0 aromatic heterocycles. The summed E-state index contributed by atoms with van der Waals surface area (Å²) in [5, 5.41) is 0.501. The number of methoxy groups -OCH3 is 1. The second kappa shape index (κ2) is 5.41. The maximum absolute atomic E-state index is 11.1. The monoisotopic (exact) mass is 256 g/mol. The lowest BCUT2D eigenvalue weighted by Crippen LogP contribution is -2.23. The second-order valence-electron chi connectivity index (χ2n) is 4.73. The Hall–Kier alpha value is -1.22. The molecule has 94 valence electrons. The molecule has 0 spiro atoms. The van der Waals surface area contributed by atoms with Gasteiger partial charge in [-0.15, -0.1) is 0 Å². The summed E-state index contributed by atoms with van der Waals surface area (Å²) in [7, 11) is 1.36. The van der Waals surface area contributed by atoms with E-state index in [1.165, 1.54) is 7.11 Å². The van der Waals surface area contributed by atoms with Crippen LogP contribution in [0.25, 0.3) is 0 Å². The molecule has 0 bridgehead atoms. The summed E-state index contributed by atoms with van der Waals surface area (Å²) in [5.41, 5.74) is 0.510. The number of carbonyl (C=O) groups is 1. The Kier molecular flexibility index (Phi) is 4.40. The maximum atomic E-state index is 11.1. The predicted molar refractivity (Wildman–Crippen MR) is 67.6 cm³/mol. The molecular formula is C13H17ClO3. The summed E-state index contributed by atoms with van der Waals surface area (Å²) in [4.78, 5) is 11.1. The van der Waals surface area contributed by atoms with Crippen LogP contribution in [0.3, 0.4) is 0 Å². The normalized spacial score (nSPS) is 11.1. The number of hydrogen-bond acceptors (Lipinski definition) is 3. The van der Waals surface area contributed by atoms with Gasteiger partial charge in [-0.1, -0.05) is 17.7 Å². The highest BCUT2D eigenvalue weighted by molar-refractivity contribution is 6.32. The van der Waals surface area contributed by atoms with Crippen molar-refractivity contribution in [1.82, 2.24) is 0 Å². The molecule has 0 aliphatic rings. The number of halogens is 1. The average molecular weight is 257 g/mol. The van der Waals surface area contributed by atoms with Crippen LogP contribution in [0.5, 0.6) is 5.75 Å². The van der Waals surface area contributed by atoms with E-state index < -0.39 is 0 Å². The zero-order valence-electron chi connectivity index (χ0n) is 10.5. The van der Waals surface area contributed by atoms with Crippen molar-refractivity contribution in [3.8, 4) is 5.75 Å². The van der Waals surface area contributed by atoms with E-state index in [1.54, 1.807) is 12.1 Å². The second-order valence-corrected chi connectivity index (χ2v) is 5.14. The Morgan fingerprint density at radius 1 is 1.35 bits per heavy atom. The SMILES string of the molecule is COC(=O)Cc1ccc(OC(C)(C)C)c(Cl)c1. The minimum absolute atomic E-state index is 0.214. The summed E-state index contributed by atoms with van der Waals surface area (Å²) >= 11 is 6.08. The van der Waals surface area contributed by atoms with E-state index in [2.05, 4.69) is 4.74 Å². The molecule has 0 aliphatic carbocycles. The Morgan fingerprint density at radius 2 is 2.00 bits per heavy atom. The zero-order chi connectivity index (χ0) is 13.1. The lowest BCUT2D eigenvalue weighted by molar-refractivity contribution is -0.139. The molecule has 0 radical (unpaired) electrons. The highest BCUT2D eigenvalue weighted by atomic mass is 35.5. The standard InChI is InChI=1S/C13H17ClO3/c1-13(2,3)17-11-6-5-9(7-10(11)14)8-12(15)16-4/h5-7H,8H2,1-4H3. The third-order valence-corrected chi connectivity index (χ3v) is 2.28. The van der Waals surface area contributed by atoms with Gasteiger partial charge >= 0.3 is 5.97 Å². The minimum Gasteiger partial charge on any atom is -0.487 e. The van der Waals surface area contributed by atoms with Gasteiger partial charge in [-0.05, 0) is 38.5 Å². The Labute approximate surface area is 107 Å². The Bertz CT molecular complexity index is 408. The Balaban J connectivity index is 2.83. The first-order valence-electron chi connectivity index (χ1n) is 5.36. The summed E-state index contributed by atoms with van der Waals surface area (Å²) in [6.07, 6.45) is 0.214. The number of ether oxygens (including phenoxy) is 2. The highest BCUT2D eigenvalue weighted by Crippen LogP contribution is 2.28. The van der Waals surface area contributed by atoms with Gasteiger partial charge in [0.15, 0.2) is 0 Å². The van der Waals surface area contributed by atoms with Crippen LogP contribution >= 0.6 is 11.6 Å². The van der Waals surface area contributed by atoms with E-state index in [9.17, 15) is 4.79 Å². The molecule has 0 fully saturated rings. The highest BCUT2D eigenvalue weighted by Gasteiger charge is 2.14. The van der Waals surface area contributed by atoms with E-state index >= 15 is 0 Å². The van der Waals surface area contributed by atoms with Gasteiger partial charge in [-0.25, -0.2) is 0 Å². The molecule has 4 heteroatoms. The zero-order valence-corrected chi connectivity index (χ0v) is 11.3. The van der Waals surface area contributed by atoms with Crippen molar-refractivity contribution in [2.45, 2.75) is 32.8 Å². The molecule has 0 N–H and O–H groups in total. The summed E-state index contributed by atoms with van der Waals surface area (Å²) in [5.74, 6) is 0.332. The molecule has 0 aliphatic heterocycles. The van der Waals surface area contributed by atoms with E-state index in [4.69, 9.17) is 16.3 Å². The molecule has 0 saturated heterocycles. The van der Waals surface area contributed by atoms with Crippen molar-refractivity contribution < 1.29 is 14.3 Å². The molecule has 0 atom stereocenters. The van der Waals surface area contributed by atoms with Gasteiger partial charge in [0.25, 0.3) is 0 Å². The van der Waals surface area contributed by atoms with Crippen LogP contribution in [-0.4, -0.2) is 18.7 Å². The maximum Gasteiger partial charge on any atom is 0.309 e. The molecule has 0 saturated carbocycles. The first kappa shape index (κ1) is 13.8. The molecule has 1 aromatic rings. The number of rotatable bonds is 3. The van der Waals surface area contributed by atoms with E-state index in [1.807, 2.05) is 26.8 Å².